The van der Waals surface area contributed by atoms with Gasteiger partial charge in [-0.25, -0.2) is 8.78 Å². The van der Waals surface area contributed by atoms with E-state index in [1.807, 2.05) is 0 Å². The van der Waals surface area contributed by atoms with Crippen molar-refractivity contribution in [2.75, 3.05) is 27.7 Å². The Bertz CT molecular complexity index is 470. The van der Waals surface area contributed by atoms with Crippen LogP contribution in [-0.2, 0) is 13.1 Å². The molecule has 0 radical (unpaired) electrons. The molecule has 0 saturated heterocycles. The lowest BCUT2D eigenvalue weighted by Crippen LogP contribution is -2.34. The zero-order valence-electron chi connectivity index (χ0n) is 10.7. The number of halogens is 2. The summed E-state index contributed by atoms with van der Waals surface area (Å²) in [4.78, 5) is 14.7. The van der Waals surface area contributed by atoms with Crippen LogP contribution >= 0.6 is 0 Å². The Kier molecular flexibility index (Phi) is 3.10. The quantitative estimate of drug-likeness (QED) is 0.743. The van der Waals surface area contributed by atoms with Crippen molar-refractivity contribution in [3.8, 4) is 0 Å². The Morgan fingerprint density at radius 3 is 2.72 bits per heavy atom. The maximum atomic E-state index is 13.6. The van der Waals surface area contributed by atoms with Crippen LogP contribution < -0.4 is 0 Å². The number of amides is 1. The smallest absolute Gasteiger partial charge is 0.279 e. The summed E-state index contributed by atoms with van der Waals surface area (Å²) in [6.45, 7) is -0.413. The van der Waals surface area contributed by atoms with E-state index in [2.05, 4.69) is 5.10 Å². The van der Waals surface area contributed by atoms with Crippen LogP contribution in [0.2, 0.25) is 0 Å². The fraction of sp³-hybridized carbons (Fsp3) is 0.636. The Morgan fingerprint density at radius 1 is 1.44 bits per heavy atom. The molecule has 0 bridgehead atoms. The topological polar surface area (TPSA) is 41.4 Å². The predicted octanol–water partition coefficient (Wildman–Crippen LogP) is 0.666. The van der Waals surface area contributed by atoms with Crippen molar-refractivity contribution in [3.63, 3.8) is 0 Å². The highest BCUT2D eigenvalue weighted by molar-refractivity contribution is 5.92. The van der Waals surface area contributed by atoms with Crippen molar-refractivity contribution < 1.29 is 13.6 Å². The number of fused-ring (bicyclic) bond motifs is 1. The first-order valence-corrected chi connectivity index (χ1v) is 5.63. The maximum absolute atomic E-state index is 13.6. The summed E-state index contributed by atoms with van der Waals surface area (Å²) in [7, 11) is 4.84. The zero-order chi connectivity index (χ0) is 13.5. The van der Waals surface area contributed by atoms with Gasteiger partial charge in [0.25, 0.3) is 11.8 Å². The van der Waals surface area contributed by atoms with Gasteiger partial charge in [-0.1, -0.05) is 0 Å². The Balaban J connectivity index is 2.34. The number of aromatic nitrogens is 2. The minimum Gasteiger partial charge on any atom is -0.343 e. The fourth-order valence-corrected chi connectivity index (χ4v) is 2.05. The third-order valence-electron chi connectivity index (χ3n) is 2.80. The van der Waals surface area contributed by atoms with E-state index < -0.39 is 12.5 Å². The first-order valence-electron chi connectivity index (χ1n) is 5.63. The van der Waals surface area contributed by atoms with Crippen LogP contribution in [0.1, 0.15) is 16.2 Å². The molecule has 1 aliphatic heterocycles. The SMILES string of the molecule is CN1Cc2cc(C(=O)N(C)C)nn2CC(F)(F)C1. The van der Waals surface area contributed by atoms with Crippen molar-refractivity contribution >= 4 is 5.91 Å². The normalized spacial score (nSPS) is 19.2. The molecule has 1 aromatic heterocycles. The number of carbonyl (C=O) groups excluding carboxylic acids is 1. The zero-order valence-corrected chi connectivity index (χ0v) is 10.7. The molecule has 0 saturated carbocycles. The summed E-state index contributed by atoms with van der Waals surface area (Å²) in [6.07, 6.45) is 0. The summed E-state index contributed by atoms with van der Waals surface area (Å²) < 4.78 is 28.4. The summed E-state index contributed by atoms with van der Waals surface area (Å²) in [5.41, 5.74) is 0.848. The van der Waals surface area contributed by atoms with Crippen LogP contribution in [-0.4, -0.2) is 59.1 Å². The second-order valence-electron chi connectivity index (χ2n) is 4.91. The van der Waals surface area contributed by atoms with E-state index in [1.165, 1.54) is 14.5 Å². The molecule has 0 atom stereocenters. The van der Waals surface area contributed by atoms with E-state index in [4.69, 9.17) is 0 Å². The standard InChI is InChI=1S/C11H16F2N4O/c1-15(2)10(18)9-4-8-5-16(3)6-11(12,13)7-17(8)14-9/h4H,5-7H2,1-3H3. The van der Waals surface area contributed by atoms with E-state index in [9.17, 15) is 13.6 Å². The summed E-state index contributed by atoms with van der Waals surface area (Å²) in [6, 6.07) is 1.58. The van der Waals surface area contributed by atoms with E-state index in [-0.39, 0.29) is 18.1 Å². The monoisotopic (exact) mass is 258 g/mol. The first-order chi connectivity index (χ1) is 8.28. The number of hydrogen-bond donors (Lipinski definition) is 0. The molecule has 1 aromatic rings. The molecular weight excluding hydrogens is 242 g/mol. The van der Waals surface area contributed by atoms with Crippen molar-refractivity contribution in [3.05, 3.63) is 17.5 Å². The van der Waals surface area contributed by atoms with Gasteiger partial charge in [0.05, 0.1) is 12.2 Å². The van der Waals surface area contributed by atoms with Crippen LogP contribution in [0.3, 0.4) is 0 Å². The van der Waals surface area contributed by atoms with Gasteiger partial charge in [-0.2, -0.15) is 5.10 Å². The lowest BCUT2D eigenvalue weighted by molar-refractivity contribution is -0.0370. The van der Waals surface area contributed by atoms with Crippen LogP contribution in [0.5, 0.6) is 0 Å². The molecule has 5 nitrogen and oxygen atoms in total. The molecular formula is C11H16F2N4O. The van der Waals surface area contributed by atoms with Crippen molar-refractivity contribution in [1.29, 1.82) is 0 Å². The van der Waals surface area contributed by atoms with Crippen molar-refractivity contribution in [2.45, 2.75) is 19.0 Å². The molecule has 0 aromatic carbocycles. The highest BCUT2D eigenvalue weighted by atomic mass is 19.3. The van der Waals surface area contributed by atoms with Gasteiger partial charge in [-0.15, -0.1) is 0 Å². The average molecular weight is 258 g/mol. The molecule has 7 heteroatoms. The number of carbonyl (C=O) groups is 1. The third-order valence-corrected chi connectivity index (χ3v) is 2.80. The van der Waals surface area contributed by atoms with Gasteiger partial charge in [0, 0.05) is 20.6 Å². The largest absolute Gasteiger partial charge is 0.343 e. The van der Waals surface area contributed by atoms with E-state index in [0.717, 1.165) is 0 Å². The van der Waals surface area contributed by atoms with Gasteiger partial charge in [-0.05, 0) is 13.1 Å². The first kappa shape index (κ1) is 12.9. The third kappa shape index (κ3) is 2.50. The predicted molar refractivity (Wildman–Crippen MR) is 61.5 cm³/mol. The highest BCUT2D eigenvalue weighted by Gasteiger charge is 2.36. The molecule has 2 rings (SSSR count). The van der Waals surface area contributed by atoms with Crippen LogP contribution in [0.15, 0.2) is 6.07 Å². The van der Waals surface area contributed by atoms with Gasteiger partial charge in [0.15, 0.2) is 5.69 Å². The highest BCUT2D eigenvalue weighted by Crippen LogP contribution is 2.23. The minimum atomic E-state index is -2.83. The molecule has 0 fully saturated rings. The lowest BCUT2D eigenvalue weighted by Gasteiger charge is -2.18. The lowest BCUT2D eigenvalue weighted by atomic mass is 10.3. The van der Waals surface area contributed by atoms with Crippen LogP contribution in [0, 0.1) is 0 Å². The Morgan fingerprint density at radius 2 is 2.11 bits per heavy atom. The summed E-state index contributed by atoms with van der Waals surface area (Å²) in [5.74, 6) is -3.11. The van der Waals surface area contributed by atoms with Gasteiger partial charge in [-0.3, -0.25) is 14.4 Å². The molecule has 0 spiro atoms. The van der Waals surface area contributed by atoms with E-state index in [1.54, 1.807) is 27.2 Å². The minimum absolute atomic E-state index is 0.209. The maximum Gasteiger partial charge on any atom is 0.279 e. The van der Waals surface area contributed by atoms with Crippen molar-refractivity contribution in [2.24, 2.45) is 0 Å². The molecule has 0 aliphatic carbocycles. The molecule has 1 aliphatic rings. The van der Waals surface area contributed by atoms with Gasteiger partial charge >= 0.3 is 0 Å². The molecule has 2 heterocycles. The fourth-order valence-electron chi connectivity index (χ4n) is 2.05. The van der Waals surface area contributed by atoms with E-state index in [0.29, 0.717) is 12.2 Å². The van der Waals surface area contributed by atoms with Crippen LogP contribution in [0.25, 0.3) is 0 Å². The molecule has 1 amide bonds. The number of rotatable bonds is 1. The number of alkyl halides is 2. The molecule has 0 unspecified atom stereocenters. The number of hydrogen-bond acceptors (Lipinski definition) is 3. The van der Waals surface area contributed by atoms with E-state index >= 15 is 0 Å². The molecule has 100 valence electrons. The second-order valence-corrected chi connectivity index (χ2v) is 4.91. The molecule has 0 N–H and O–H groups in total. The van der Waals surface area contributed by atoms with Crippen molar-refractivity contribution in [1.82, 2.24) is 19.6 Å². The summed E-state index contributed by atoms with van der Waals surface area (Å²) in [5, 5.41) is 3.98. The van der Waals surface area contributed by atoms with Gasteiger partial charge in [0.2, 0.25) is 0 Å². The molecule has 18 heavy (non-hydrogen) atoms. The Hall–Kier alpha value is -1.50. The van der Waals surface area contributed by atoms with Crippen LogP contribution in [0.4, 0.5) is 8.78 Å². The van der Waals surface area contributed by atoms with Gasteiger partial charge in [0.1, 0.15) is 6.54 Å². The summed E-state index contributed by atoms with van der Waals surface area (Å²) >= 11 is 0. The second kappa shape index (κ2) is 4.31. The Labute approximate surface area is 104 Å². The number of nitrogens with zero attached hydrogens (tertiary/aromatic N) is 4. The van der Waals surface area contributed by atoms with Gasteiger partial charge < -0.3 is 4.90 Å². The average Bonchev–Trinajstić information content (AvgIpc) is 2.53.